The van der Waals surface area contributed by atoms with Crippen LogP contribution in [0.5, 0.6) is 11.5 Å². The molecule has 0 spiro atoms. The minimum atomic E-state index is 0.132. The third kappa shape index (κ3) is 2.42. The lowest BCUT2D eigenvalue weighted by molar-refractivity contribution is -0.00612. The molecule has 2 N–H and O–H groups in total. The number of hydrogen-bond acceptors (Lipinski definition) is 2. The van der Waals surface area contributed by atoms with Crippen molar-refractivity contribution in [3.8, 4) is 11.5 Å². The summed E-state index contributed by atoms with van der Waals surface area (Å²) in [7, 11) is 0. The van der Waals surface area contributed by atoms with Crippen molar-refractivity contribution in [1.82, 2.24) is 0 Å². The molecule has 0 unspecified atom stereocenters. The highest BCUT2D eigenvalue weighted by Crippen LogP contribution is 2.64. The molecule has 0 aromatic heterocycles. The second-order valence-electron chi connectivity index (χ2n) is 13.4. The van der Waals surface area contributed by atoms with Crippen LogP contribution in [0.1, 0.15) is 88.2 Å². The highest BCUT2D eigenvalue weighted by molar-refractivity contribution is 5.91. The molecule has 8 bridgehead atoms. The van der Waals surface area contributed by atoms with E-state index in [1.807, 2.05) is 6.07 Å². The molecule has 168 valence electrons. The van der Waals surface area contributed by atoms with Crippen LogP contribution >= 0.6 is 0 Å². The number of rotatable bonds is 2. The molecule has 0 amide bonds. The number of phenols is 2. The number of aromatic hydroxyl groups is 2. The third-order valence-corrected chi connectivity index (χ3v) is 11.3. The zero-order valence-corrected chi connectivity index (χ0v) is 19.2. The van der Waals surface area contributed by atoms with Gasteiger partial charge in [-0.25, -0.2) is 0 Å². The second-order valence-corrected chi connectivity index (χ2v) is 13.4. The largest absolute Gasteiger partial charge is 0.508 e. The van der Waals surface area contributed by atoms with E-state index < -0.39 is 0 Å². The first-order chi connectivity index (χ1) is 15.5. The maximum atomic E-state index is 11.5. The van der Waals surface area contributed by atoms with Crippen molar-refractivity contribution < 1.29 is 10.2 Å². The van der Waals surface area contributed by atoms with Gasteiger partial charge in [0.05, 0.1) is 0 Å². The molecule has 2 aromatic rings. The van der Waals surface area contributed by atoms with Gasteiger partial charge in [-0.1, -0.05) is 6.07 Å². The molecule has 8 fully saturated rings. The van der Waals surface area contributed by atoms with E-state index >= 15 is 0 Å². The summed E-state index contributed by atoms with van der Waals surface area (Å²) in [5, 5.41) is 25.0. The van der Waals surface area contributed by atoms with Crippen LogP contribution in [0.15, 0.2) is 24.3 Å². The fourth-order valence-electron chi connectivity index (χ4n) is 11.2. The van der Waals surface area contributed by atoms with Gasteiger partial charge in [-0.2, -0.15) is 0 Å². The average Bonchev–Trinajstić information content (AvgIpc) is 2.71. The molecule has 2 heteroatoms. The zero-order valence-electron chi connectivity index (χ0n) is 19.2. The number of benzene rings is 2. The van der Waals surface area contributed by atoms with E-state index in [-0.39, 0.29) is 10.8 Å². The summed E-state index contributed by atoms with van der Waals surface area (Å²) < 4.78 is 0. The maximum Gasteiger partial charge on any atom is 0.119 e. The molecule has 8 saturated carbocycles. The Morgan fingerprint density at radius 1 is 0.562 bits per heavy atom. The van der Waals surface area contributed by atoms with Crippen molar-refractivity contribution in [1.29, 1.82) is 0 Å². The fourth-order valence-corrected chi connectivity index (χ4v) is 11.2. The summed E-state index contributed by atoms with van der Waals surface area (Å²) in [6.45, 7) is 0. The Bertz CT molecular complexity index is 1060. The topological polar surface area (TPSA) is 40.5 Å². The second kappa shape index (κ2) is 6.05. The number of hydrogen-bond donors (Lipinski definition) is 2. The van der Waals surface area contributed by atoms with Crippen molar-refractivity contribution >= 4 is 10.8 Å². The van der Waals surface area contributed by atoms with Crippen LogP contribution in [-0.4, -0.2) is 10.2 Å². The van der Waals surface area contributed by atoms with Crippen molar-refractivity contribution in [2.24, 2.45) is 35.5 Å². The molecule has 2 aromatic carbocycles. The van der Waals surface area contributed by atoms with E-state index in [4.69, 9.17) is 0 Å². The van der Waals surface area contributed by atoms with Crippen molar-refractivity contribution in [2.75, 3.05) is 0 Å². The lowest BCUT2D eigenvalue weighted by Gasteiger charge is -2.57. The zero-order chi connectivity index (χ0) is 21.2. The number of fused-ring (bicyclic) bond motifs is 1. The van der Waals surface area contributed by atoms with Gasteiger partial charge in [0.2, 0.25) is 0 Å². The molecule has 10 rings (SSSR count). The van der Waals surface area contributed by atoms with Gasteiger partial charge in [-0.05, 0) is 147 Å². The van der Waals surface area contributed by atoms with Gasteiger partial charge in [0.25, 0.3) is 0 Å². The molecule has 0 atom stereocenters. The van der Waals surface area contributed by atoms with E-state index in [1.54, 1.807) is 0 Å². The minimum absolute atomic E-state index is 0.132. The minimum Gasteiger partial charge on any atom is -0.508 e. The van der Waals surface area contributed by atoms with E-state index in [2.05, 4.69) is 18.2 Å². The first kappa shape index (κ1) is 18.7. The molecule has 0 radical (unpaired) electrons. The molecule has 8 aliphatic carbocycles. The highest BCUT2D eigenvalue weighted by Gasteiger charge is 2.54. The first-order valence-electron chi connectivity index (χ1n) is 13.5. The lowest BCUT2D eigenvalue weighted by atomic mass is 9.47. The van der Waals surface area contributed by atoms with Crippen LogP contribution in [0, 0.1) is 35.5 Å². The lowest BCUT2D eigenvalue weighted by Crippen LogP contribution is -2.48. The van der Waals surface area contributed by atoms with Crippen LogP contribution in [0.3, 0.4) is 0 Å². The first-order valence-corrected chi connectivity index (χ1v) is 13.5. The molecule has 32 heavy (non-hydrogen) atoms. The van der Waals surface area contributed by atoms with Crippen LogP contribution in [0.2, 0.25) is 0 Å². The normalized spacial score (nSPS) is 45.8. The van der Waals surface area contributed by atoms with Gasteiger partial charge in [0, 0.05) is 16.5 Å². The highest BCUT2D eigenvalue weighted by atomic mass is 16.3. The van der Waals surface area contributed by atoms with E-state index in [9.17, 15) is 10.2 Å². The summed E-state index contributed by atoms with van der Waals surface area (Å²) in [6, 6.07) is 8.52. The predicted molar refractivity (Wildman–Crippen MR) is 127 cm³/mol. The van der Waals surface area contributed by atoms with Crippen LogP contribution in [0.25, 0.3) is 10.8 Å². The molecular formula is C30H36O2. The molecule has 8 aliphatic rings. The van der Waals surface area contributed by atoms with Crippen LogP contribution in [0.4, 0.5) is 0 Å². The Balaban J connectivity index is 1.29. The van der Waals surface area contributed by atoms with E-state index in [1.165, 1.54) is 93.6 Å². The Morgan fingerprint density at radius 3 is 1.53 bits per heavy atom. The van der Waals surface area contributed by atoms with Gasteiger partial charge >= 0.3 is 0 Å². The molecule has 2 nitrogen and oxygen atoms in total. The molecule has 0 heterocycles. The van der Waals surface area contributed by atoms with Gasteiger partial charge < -0.3 is 10.2 Å². The Morgan fingerprint density at radius 2 is 1.03 bits per heavy atom. The summed E-state index contributed by atoms with van der Waals surface area (Å²) in [4.78, 5) is 0. The standard InChI is InChI=1S/C30H36O2/c31-26-2-1-23-9-25(29-11-17-3-18(12-29)5-19(4-17)13-29)27(32)10-24(23)28(26)30-14-20-6-21(15-30)8-22(7-20)16-30/h1-2,9-10,17-22,31-32H,3-8,11-16H2. The van der Waals surface area contributed by atoms with Crippen molar-refractivity contribution in [3.63, 3.8) is 0 Å². The summed E-state index contributed by atoms with van der Waals surface area (Å²) in [5.41, 5.74) is 2.74. The average molecular weight is 429 g/mol. The molecule has 0 saturated heterocycles. The summed E-state index contributed by atoms with van der Waals surface area (Å²) in [5.74, 6) is 6.14. The Hall–Kier alpha value is -1.70. The van der Waals surface area contributed by atoms with Gasteiger partial charge in [0.1, 0.15) is 11.5 Å². The quantitative estimate of drug-likeness (QED) is 0.531. The fraction of sp³-hybridized carbons (Fsp3) is 0.667. The van der Waals surface area contributed by atoms with E-state index in [0.29, 0.717) is 11.5 Å². The predicted octanol–water partition coefficient (Wildman–Crippen LogP) is 7.19. The third-order valence-electron chi connectivity index (χ3n) is 11.3. The summed E-state index contributed by atoms with van der Waals surface area (Å²) in [6.07, 6.45) is 16.1. The Labute approximate surface area is 191 Å². The maximum absolute atomic E-state index is 11.5. The SMILES string of the molecule is Oc1cc2c(C34CC5CC(CC(C5)C3)C4)c(O)ccc2cc1C12CC3CC(CC(C3)C1)C2. The smallest absolute Gasteiger partial charge is 0.119 e. The van der Waals surface area contributed by atoms with Gasteiger partial charge in [-0.3, -0.25) is 0 Å². The van der Waals surface area contributed by atoms with E-state index in [0.717, 1.165) is 40.9 Å². The summed E-state index contributed by atoms with van der Waals surface area (Å²) >= 11 is 0. The monoisotopic (exact) mass is 428 g/mol. The van der Waals surface area contributed by atoms with Gasteiger partial charge in [-0.15, -0.1) is 0 Å². The number of phenolic OH excluding ortho intramolecular Hbond substituents is 2. The van der Waals surface area contributed by atoms with Crippen LogP contribution in [-0.2, 0) is 10.8 Å². The van der Waals surface area contributed by atoms with Crippen LogP contribution < -0.4 is 0 Å². The van der Waals surface area contributed by atoms with Crippen molar-refractivity contribution in [3.05, 3.63) is 35.4 Å². The van der Waals surface area contributed by atoms with Crippen molar-refractivity contribution in [2.45, 2.75) is 87.9 Å². The van der Waals surface area contributed by atoms with Gasteiger partial charge in [0.15, 0.2) is 0 Å². The molecule has 0 aliphatic heterocycles. The molecular weight excluding hydrogens is 392 g/mol. The Kier molecular flexibility index (Phi) is 3.53.